The zero-order valence-corrected chi connectivity index (χ0v) is 10.1. The molecule has 1 aromatic heterocycles. The van der Waals surface area contributed by atoms with Crippen LogP contribution in [0.15, 0.2) is 18.3 Å². The van der Waals surface area contributed by atoms with E-state index in [9.17, 15) is 8.42 Å². The predicted molar refractivity (Wildman–Crippen MR) is 64.4 cm³/mol. The molecular formula is C10H17N3O2S. The van der Waals surface area contributed by atoms with Gasteiger partial charge in [-0.2, -0.15) is 0 Å². The van der Waals surface area contributed by atoms with Crippen LogP contribution in [-0.2, 0) is 16.6 Å². The first-order valence-electron chi connectivity index (χ1n) is 5.23. The number of anilines is 1. The number of unbranched alkanes of at least 4 members (excludes halogenated alkanes) is 1. The molecule has 0 spiro atoms. The average molecular weight is 243 g/mol. The molecule has 3 N–H and O–H groups in total. The van der Waals surface area contributed by atoms with Crippen molar-refractivity contribution in [3.63, 3.8) is 0 Å². The number of hydrogen-bond acceptors (Lipinski definition) is 4. The van der Waals surface area contributed by atoms with Gasteiger partial charge in [-0.1, -0.05) is 19.4 Å². The lowest BCUT2D eigenvalue weighted by Crippen LogP contribution is -2.19. The molecule has 0 radical (unpaired) electrons. The van der Waals surface area contributed by atoms with Gasteiger partial charge in [-0.15, -0.1) is 0 Å². The normalized spacial score (nSPS) is 11.4. The van der Waals surface area contributed by atoms with E-state index >= 15 is 0 Å². The number of pyridine rings is 1. The van der Waals surface area contributed by atoms with Crippen LogP contribution in [0.25, 0.3) is 0 Å². The highest BCUT2D eigenvalue weighted by atomic mass is 32.2. The molecule has 0 amide bonds. The van der Waals surface area contributed by atoms with Gasteiger partial charge in [0.25, 0.3) is 0 Å². The SMILES string of the molecule is CCCCS(=O)(=O)Nc1ncccc1CN. The Morgan fingerprint density at radius 3 is 2.88 bits per heavy atom. The first-order valence-corrected chi connectivity index (χ1v) is 6.88. The lowest BCUT2D eigenvalue weighted by molar-refractivity contribution is 0.597. The second-order valence-corrected chi connectivity index (χ2v) is 5.33. The van der Waals surface area contributed by atoms with Crippen LogP contribution in [0.4, 0.5) is 5.82 Å². The zero-order valence-electron chi connectivity index (χ0n) is 9.31. The quantitative estimate of drug-likeness (QED) is 0.783. The maximum absolute atomic E-state index is 11.6. The third-order valence-electron chi connectivity index (χ3n) is 2.13. The fourth-order valence-electron chi connectivity index (χ4n) is 1.23. The van der Waals surface area contributed by atoms with Crippen molar-refractivity contribution in [1.82, 2.24) is 4.98 Å². The Balaban J connectivity index is 2.79. The molecule has 5 nitrogen and oxygen atoms in total. The number of nitrogens with one attached hydrogen (secondary N) is 1. The standard InChI is InChI=1S/C10H17N3O2S/c1-2-3-7-16(14,15)13-10-9(8-11)5-4-6-12-10/h4-6H,2-3,7-8,11H2,1H3,(H,12,13). The van der Waals surface area contributed by atoms with Crippen molar-refractivity contribution in [2.24, 2.45) is 5.73 Å². The Bertz CT molecular complexity index is 431. The number of nitrogens with zero attached hydrogens (tertiary/aromatic N) is 1. The fourth-order valence-corrected chi connectivity index (χ4v) is 2.48. The summed E-state index contributed by atoms with van der Waals surface area (Å²) in [6.45, 7) is 2.21. The number of hydrogen-bond donors (Lipinski definition) is 2. The van der Waals surface area contributed by atoms with Crippen LogP contribution in [0, 0.1) is 0 Å². The maximum atomic E-state index is 11.6. The van der Waals surface area contributed by atoms with E-state index in [2.05, 4.69) is 9.71 Å². The van der Waals surface area contributed by atoms with E-state index in [0.717, 1.165) is 6.42 Å². The summed E-state index contributed by atoms with van der Waals surface area (Å²) in [5.74, 6) is 0.450. The van der Waals surface area contributed by atoms with Gasteiger partial charge in [0.2, 0.25) is 10.0 Å². The van der Waals surface area contributed by atoms with Crippen LogP contribution in [0.1, 0.15) is 25.3 Å². The first-order chi connectivity index (χ1) is 7.59. The summed E-state index contributed by atoms with van der Waals surface area (Å²) in [7, 11) is -3.30. The molecule has 0 aromatic carbocycles. The summed E-state index contributed by atoms with van der Waals surface area (Å²) in [5.41, 5.74) is 6.19. The highest BCUT2D eigenvalue weighted by molar-refractivity contribution is 7.92. The van der Waals surface area contributed by atoms with Gasteiger partial charge in [-0.05, 0) is 12.5 Å². The second-order valence-electron chi connectivity index (χ2n) is 3.49. The number of aromatic nitrogens is 1. The monoisotopic (exact) mass is 243 g/mol. The van der Waals surface area contributed by atoms with Crippen molar-refractivity contribution in [3.8, 4) is 0 Å². The van der Waals surface area contributed by atoms with Gasteiger partial charge in [0.05, 0.1) is 5.75 Å². The summed E-state index contributed by atoms with van der Waals surface area (Å²) in [4.78, 5) is 3.97. The fraction of sp³-hybridized carbons (Fsp3) is 0.500. The molecule has 0 aliphatic heterocycles. The van der Waals surface area contributed by atoms with Crippen LogP contribution in [0.2, 0.25) is 0 Å². The summed E-state index contributed by atoms with van der Waals surface area (Å²) < 4.78 is 25.7. The number of sulfonamides is 1. The Hall–Kier alpha value is -1.14. The predicted octanol–water partition coefficient (Wildman–Crippen LogP) is 1.08. The molecule has 0 saturated carbocycles. The Morgan fingerprint density at radius 2 is 2.25 bits per heavy atom. The molecule has 16 heavy (non-hydrogen) atoms. The molecule has 0 fully saturated rings. The number of rotatable bonds is 6. The molecule has 0 atom stereocenters. The van der Waals surface area contributed by atoms with Crippen molar-refractivity contribution in [3.05, 3.63) is 23.9 Å². The largest absolute Gasteiger partial charge is 0.326 e. The molecule has 1 aromatic rings. The van der Waals surface area contributed by atoms with E-state index in [1.807, 2.05) is 6.92 Å². The van der Waals surface area contributed by atoms with Gasteiger partial charge in [0.15, 0.2) is 0 Å². The Labute approximate surface area is 96.1 Å². The molecule has 0 bridgehead atoms. The van der Waals surface area contributed by atoms with Crippen LogP contribution < -0.4 is 10.5 Å². The summed E-state index contributed by atoms with van der Waals surface area (Å²) in [5, 5.41) is 0. The van der Waals surface area contributed by atoms with Crippen LogP contribution in [-0.4, -0.2) is 19.2 Å². The van der Waals surface area contributed by atoms with Crippen LogP contribution in [0.3, 0.4) is 0 Å². The lowest BCUT2D eigenvalue weighted by atomic mass is 10.3. The van der Waals surface area contributed by atoms with Gasteiger partial charge < -0.3 is 5.73 Å². The minimum absolute atomic E-state index is 0.115. The van der Waals surface area contributed by atoms with E-state index in [-0.39, 0.29) is 12.3 Å². The zero-order chi connectivity index (χ0) is 12.0. The maximum Gasteiger partial charge on any atom is 0.233 e. The van der Waals surface area contributed by atoms with Crippen molar-refractivity contribution >= 4 is 15.8 Å². The molecule has 1 rings (SSSR count). The van der Waals surface area contributed by atoms with Crippen molar-refractivity contribution in [2.45, 2.75) is 26.3 Å². The molecule has 0 aliphatic carbocycles. The minimum Gasteiger partial charge on any atom is -0.326 e. The Kier molecular flexibility index (Phi) is 4.70. The first kappa shape index (κ1) is 12.9. The molecular weight excluding hydrogens is 226 g/mol. The summed E-state index contributed by atoms with van der Waals surface area (Å²) >= 11 is 0. The van der Waals surface area contributed by atoms with E-state index in [0.29, 0.717) is 17.8 Å². The van der Waals surface area contributed by atoms with Gasteiger partial charge in [-0.25, -0.2) is 13.4 Å². The summed E-state index contributed by atoms with van der Waals surface area (Å²) in [6.07, 6.45) is 3.02. The molecule has 1 heterocycles. The van der Waals surface area contributed by atoms with E-state index in [4.69, 9.17) is 5.73 Å². The third-order valence-corrected chi connectivity index (χ3v) is 3.46. The van der Waals surface area contributed by atoms with E-state index < -0.39 is 10.0 Å². The number of nitrogens with two attached hydrogens (primary N) is 1. The smallest absolute Gasteiger partial charge is 0.233 e. The minimum atomic E-state index is -3.30. The van der Waals surface area contributed by atoms with Gasteiger partial charge in [0, 0.05) is 18.3 Å². The highest BCUT2D eigenvalue weighted by Crippen LogP contribution is 2.12. The van der Waals surface area contributed by atoms with Crippen LogP contribution in [0.5, 0.6) is 0 Å². The van der Waals surface area contributed by atoms with Gasteiger partial charge in [-0.3, -0.25) is 4.72 Å². The Morgan fingerprint density at radius 1 is 1.50 bits per heavy atom. The third kappa shape index (κ3) is 3.79. The molecule has 0 aliphatic rings. The van der Waals surface area contributed by atoms with E-state index in [1.165, 1.54) is 6.20 Å². The topological polar surface area (TPSA) is 85.1 Å². The summed E-state index contributed by atoms with van der Waals surface area (Å²) in [6, 6.07) is 3.48. The molecule has 0 unspecified atom stereocenters. The van der Waals surface area contributed by atoms with Crippen LogP contribution >= 0.6 is 0 Å². The lowest BCUT2D eigenvalue weighted by Gasteiger charge is -2.09. The van der Waals surface area contributed by atoms with E-state index in [1.54, 1.807) is 12.1 Å². The molecule has 0 saturated heterocycles. The molecule has 6 heteroatoms. The van der Waals surface area contributed by atoms with Gasteiger partial charge in [0.1, 0.15) is 5.82 Å². The van der Waals surface area contributed by atoms with Crippen molar-refractivity contribution < 1.29 is 8.42 Å². The average Bonchev–Trinajstić information content (AvgIpc) is 2.27. The highest BCUT2D eigenvalue weighted by Gasteiger charge is 2.12. The molecule has 90 valence electrons. The second kappa shape index (κ2) is 5.81. The van der Waals surface area contributed by atoms with Crippen molar-refractivity contribution in [1.29, 1.82) is 0 Å². The van der Waals surface area contributed by atoms with Crippen molar-refractivity contribution in [2.75, 3.05) is 10.5 Å². The van der Waals surface area contributed by atoms with Gasteiger partial charge >= 0.3 is 0 Å².